The summed E-state index contributed by atoms with van der Waals surface area (Å²) < 4.78 is 115. The van der Waals surface area contributed by atoms with Crippen molar-refractivity contribution < 1.29 is 147 Å². The average Bonchev–Trinajstić information content (AvgIpc) is 2.89. The molecule has 0 unspecified atom stereocenters. The molecule has 0 aliphatic carbocycles. The van der Waals surface area contributed by atoms with Crippen LogP contribution in [0.2, 0.25) is 0 Å². The van der Waals surface area contributed by atoms with E-state index in [0.717, 1.165) is 42.5 Å². The number of hydrogen-bond acceptors (Lipinski definition) is 16. The number of phenolic OH excluding ortho intramolecular Hbond substituents is 1. The quantitative estimate of drug-likeness (QED) is 0.0653. The number of phenols is 1. The van der Waals surface area contributed by atoms with Crippen LogP contribution in [0.15, 0.2) is 102 Å². The molecule has 0 radical (unpaired) electrons. The van der Waals surface area contributed by atoms with Crippen LogP contribution in [0.1, 0.15) is 0 Å². The molecule has 0 spiro atoms. The summed E-state index contributed by atoms with van der Waals surface area (Å²) >= 11 is 0. The van der Waals surface area contributed by atoms with Crippen LogP contribution in [-0.2, 0) is 34.9 Å². The van der Waals surface area contributed by atoms with E-state index in [4.69, 9.17) is 0 Å². The first-order chi connectivity index (χ1) is 19.7. The minimum atomic E-state index is -5.47. The topological polar surface area (TPSA) is 338 Å². The zero-order valence-electron chi connectivity index (χ0n) is 24.7. The van der Waals surface area contributed by atoms with Crippen LogP contribution < -0.4 is 110 Å². The molecule has 0 saturated carbocycles. The summed E-state index contributed by atoms with van der Waals surface area (Å²) in [5.41, 5.74) is -1.74. The van der Waals surface area contributed by atoms with Gasteiger partial charge in [-0.2, -0.15) is 18.6 Å². The van der Waals surface area contributed by atoms with Gasteiger partial charge in [-0.05, 0) is 66.8 Å². The van der Waals surface area contributed by atoms with Gasteiger partial charge in [-0.15, -0.1) is 10.2 Å². The second kappa shape index (κ2) is 17.3. The molecule has 4 aromatic rings. The van der Waals surface area contributed by atoms with Gasteiger partial charge in [-0.3, -0.25) is 4.55 Å². The first-order valence-electron chi connectivity index (χ1n) is 11.0. The first kappa shape index (κ1) is 46.0. The van der Waals surface area contributed by atoms with Crippen molar-refractivity contribution in [2.75, 3.05) is 0 Å². The molecule has 47 heavy (non-hydrogen) atoms. The molecular weight excluding hydrogens is 738 g/mol. The van der Waals surface area contributed by atoms with Gasteiger partial charge in [0, 0.05) is 5.39 Å². The van der Waals surface area contributed by atoms with Crippen molar-refractivity contribution in [2.24, 2.45) is 20.5 Å². The molecule has 0 aromatic heterocycles. The Kier molecular flexibility index (Phi) is 16.9. The van der Waals surface area contributed by atoms with E-state index in [1.54, 1.807) is 0 Å². The molecule has 0 aliphatic rings. The summed E-state index contributed by atoms with van der Waals surface area (Å²) in [5.74, 6) is -0.791. The van der Waals surface area contributed by atoms with Crippen LogP contribution in [-0.4, -0.2) is 44.0 Å². The second-order valence-corrected chi connectivity index (χ2v) is 14.0. The second-order valence-electron chi connectivity index (χ2n) is 8.41. The maximum atomic E-state index is 12.0. The summed E-state index contributed by atoms with van der Waals surface area (Å²) in [4.78, 5) is 19.2. The molecule has 0 saturated heterocycles. The van der Waals surface area contributed by atoms with Crippen molar-refractivity contribution in [3.05, 3.63) is 66.7 Å². The van der Waals surface area contributed by atoms with Crippen molar-refractivity contribution in [2.45, 2.75) is 14.7 Å². The third kappa shape index (κ3) is 11.5. The van der Waals surface area contributed by atoms with Gasteiger partial charge in [0.15, 0.2) is 0 Å². The molecule has 0 atom stereocenters. The fourth-order valence-electron chi connectivity index (χ4n) is 3.61. The van der Waals surface area contributed by atoms with E-state index in [1.165, 1.54) is 12.1 Å². The van der Waals surface area contributed by atoms with E-state index in [9.17, 15) is 58.4 Å². The van der Waals surface area contributed by atoms with Gasteiger partial charge >= 0.3 is 88.7 Å². The van der Waals surface area contributed by atoms with E-state index in [0.29, 0.717) is 12.1 Å². The maximum absolute atomic E-state index is 12.0. The Morgan fingerprint density at radius 3 is 1.79 bits per heavy atom. The molecule has 0 amide bonds. The van der Waals surface area contributed by atoms with E-state index in [1.807, 2.05) is 0 Å². The van der Waals surface area contributed by atoms with Gasteiger partial charge in [-0.25, -0.2) is 16.8 Å². The van der Waals surface area contributed by atoms with Gasteiger partial charge < -0.3 is 34.7 Å². The van der Waals surface area contributed by atoms with Crippen LogP contribution in [0.4, 0.5) is 22.7 Å². The van der Waals surface area contributed by atoms with Crippen LogP contribution in [0.25, 0.3) is 10.8 Å². The van der Waals surface area contributed by atoms with E-state index < -0.39 is 80.5 Å². The van der Waals surface area contributed by atoms with Crippen molar-refractivity contribution in [1.82, 2.24) is 6.15 Å². The number of benzene rings is 4. The molecule has 25 heteroatoms. The van der Waals surface area contributed by atoms with Crippen molar-refractivity contribution in [1.29, 1.82) is 0 Å². The van der Waals surface area contributed by atoms with Gasteiger partial charge in [-0.1, -0.05) is 18.2 Å². The van der Waals surface area contributed by atoms with Gasteiger partial charge in [0.05, 0.1) is 26.1 Å². The van der Waals surface area contributed by atoms with Crippen molar-refractivity contribution in [3.63, 3.8) is 0 Å². The monoisotopic (exact) mass is 755 g/mol. The molecule has 0 bridgehead atoms. The number of aromatic hydroxyl groups is 1. The summed E-state index contributed by atoms with van der Waals surface area (Å²) in [6.45, 7) is 0. The molecule has 234 valence electrons. The fourth-order valence-corrected chi connectivity index (χ4v) is 6.15. The standard InChI is InChI=1S/C22H17N4O13PS3.H3N.3Na/c27-18-7-4-12-8-16(41(31,32)33)11-20(43(37,38)39)21(12)22(18)26-25-17-6-5-14(10-19(17)42(34,35)36)24-23-13-2-1-3-15(9-13)40(28,29)30;;;;/h1-11,27H,(H2,28,29,30)(H,31,32,33)(H,34,35,36)(H,37,38,39);1H3;;;/q;;3*+1/p-3. The first-order valence-corrected chi connectivity index (χ1v) is 16.8. The molecule has 0 aliphatic heterocycles. The Bertz CT molecular complexity index is 2250. The number of fused-ring (bicyclic) bond motifs is 1. The summed E-state index contributed by atoms with van der Waals surface area (Å²) in [7, 11) is -20.9. The van der Waals surface area contributed by atoms with Gasteiger partial charge in [0.25, 0.3) is 10.1 Å². The van der Waals surface area contributed by atoms with Crippen LogP contribution in [0, 0.1) is 0 Å². The zero-order chi connectivity index (χ0) is 32.0. The largest absolute Gasteiger partial charge is 1.00 e. The summed E-state index contributed by atoms with van der Waals surface area (Å²) in [6, 6.07) is 10.2. The molecule has 4 aromatic carbocycles. The van der Waals surface area contributed by atoms with E-state index >= 15 is 0 Å². The fraction of sp³-hybridized carbons (Fsp3) is 0. The predicted molar refractivity (Wildman–Crippen MR) is 146 cm³/mol. The Morgan fingerprint density at radius 2 is 1.26 bits per heavy atom. The molecule has 0 heterocycles. The Balaban J connectivity index is 0.00000529. The van der Waals surface area contributed by atoms with Crippen molar-refractivity contribution >= 4 is 76.8 Å². The van der Waals surface area contributed by atoms with Gasteiger partial charge in [0.2, 0.25) is 0 Å². The molecule has 4 rings (SSSR count). The van der Waals surface area contributed by atoms with Crippen LogP contribution in [0.5, 0.6) is 5.75 Å². The number of nitrogens with zero attached hydrogens (tertiary/aromatic N) is 4. The van der Waals surface area contributed by atoms with E-state index in [-0.39, 0.29) is 112 Å². The Hall–Kier alpha value is -1.02. The predicted octanol–water partition coefficient (Wildman–Crippen LogP) is -6.64. The van der Waals surface area contributed by atoms with Crippen LogP contribution >= 0.6 is 7.60 Å². The maximum Gasteiger partial charge on any atom is 1.00 e. The van der Waals surface area contributed by atoms with E-state index in [2.05, 4.69) is 20.5 Å². The van der Waals surface area contributed by atoms with Gasteiger partial charge in [0.1, 0.15) is 37.4 Å². The van der Waals surface area contributed by atoms with Crippen LogP contribution in [0.3, 0.4) is 0 Å². The normalized spacial score (nSPS) is 12.2. The molecule has 6 N–H and O–H groups in total. The zero-order valence-corrected chi connectivity index (χ0v) is 34.0. The molecular formula is C22H17N5Na3O13PS3. The SMILES string of the molecule is O=P([O-])([O-])c1cccc(N=Nc2ccc(N=Nc3c(O)ccc4cc(S(=O)(=O)O)cc(S(=O)(=O)[O-])c34)c(S(=O)(=O)[O-])c2)c1.[NH4+].[Na+].[Na+].[Na+]. The number of hydrogen-bond donors (Lipinski definition) is 3. The summed E-state index contributed by atoms with van der Waals surface area (Å²) in [5, 5.41) is 23.4. The number of rotatable bonds is 8. The third-order valence-electron chi connectivity index (χ3n) is 5.47. The third-order valence-corrected chi connectivity index (χ3v) is 8.94. The Morgan fingerprint density at radius 1 is 0.681 bits per heavy atom. The number of azo groups is 2. The summed E-state index contributed by atoms with van der Waals surface area (Å²) in [6.07, 6.45) is 0. The average molecular weight is 756 g/mol. The molecule has 18 nitrogen and oxygen atoms in total. The van der Waals surface area contributed by atoms with Crippen molar-refractivity contribution in [3.8, 4) is 5.75 Å². The smallest absolute Gasteiger partial charge is 0.807 e. The minimum absolute atomic E-state index is 0. The molecule has 0 fully saturated rings. The number of quaternary nitrogens is 1. The minimum Gasteiger partial charge on any atom is -0.807 e. The Labute approximate surface area is 333 Å².